The number of aryl methyl sites for hydroxylation is 1. The van der Waals surface area contributed by atoms with E-state index in [2.05, 4.69) is 10.3 Å². The van der Waals surface area contributed by atoms with Crippen LogP contribution in [0.4, 0.5) is 0 Å². The first kappa shape index (κ1) is 26.2. The molecule has 190 valence electrons. The Morgan fingerprint density at radius 1 is 1.17 bits per heavy atom. The summed E-state index contributed by atoms with van der Waals surface area (Å²) in [5.41, 5.74) is -1.29. The van der Waals surface area contributed by atoms with Crippen LogP contribution in [0.3, 0.4) is 0 Å². The van der Waals surface area contributed by atoms with Gasteiger partial charge in [-0.15, -0.1) is 0 Å². The number of aliphatic hydroxyl groups excluding tert-OH is 2. The van der Waals surface area contributed by atoms with Gasteiger partial charge in [-0.3, -0.25) is 19.1 Å². The van der Waals surface area contributed by atoms with Crippen LogP contribution in [0.25, 0.3) is 0 Å². The monoisotopic (exact) mass is 489 g/mol. The number of nitrogens with one attached hydrogen (secondary N) is 2. The average Bonchev–Trinajstić information content (AvgIpc) is 2.77. The number of hydrogen-bond donors (Lipinski definition) is 4. The van der Waals surface area contributed by atoms with Gasteiger partial charge in [0.2, 0.25) is 0 Å². The lowest BCUT2D eigenvalue weighted by molar-refractivity contribution is -0.157. The van der Waals surface area contributed by atoms with Gasteiger partial charge in [-0.05, 0) is 58.7 Å². The number of nitrogens with zero attached hydrogens (tertiary/aromatic N) is 1. The van der Waals surface area contributed by atoms with Crippen molar-refractivity contribution in [2.24, 2.45) is 0 Å². The molecule has 0 aliphatic heterocycles. The molecule has 1 aromatic heterocycles. The van der Waals surface area contributed by atoms with Crippen molar-refractivity contribution in [3.8, 4) is 5.75 Å². The molecule has 11 nitrogen and oxygen atoms in total. The van der Waals surface area contributed by atoms with Crippen molar-refractivity contribution >= 4 is 11.9 Å². The fraction of sp³-hybridized carbons (Fsp3) is 0.500. The van der Waals surface area contributed by atoms with Gasteiger partial charge in [0.05, 0.1) is 12.1 Å². The molecule has 1 aliphatic carbocycles. The molecule has 0 bridgehead atoms. The molecule has 0 unspecified atom stereocenters. The van der Waals surface area contributed by atoms with E-state index in [-0.39, 0.29) is 25.0 Å². The SMILES string of the molecule is Cc1cn([C@@H]2CC[C@@H](NC(=O)c3cccc(OCC(=O)OC(C)(C)C)c3)[C@@H](O)[C@@H]2O)c(=O)[nH]c1=O. The van der Waals surface area contributed by atoms with Crippen LogP contribution >= 0.6 is 0 Å². The first-order valence-corrected chi connectivity index (χ1v) is 11.3. The summed E-state index contributed by atoms with van der Waals surface area (Å²) in [5.74, 6) is -0.752. The van der Waals surface area contributed by atoms with Crippen LogP contribution in [-0.4, -0.2) is 62.1 Å². The normalized spacial score (nSPS) is 22.3. The predicted molar refractivity (Wildman–Crippen MR) is 125 cm³/mol. The summed E-state index contributed by atoms with van der Waals surface area (Å²) in [6.45, 7) is 6.45. The molecule has 1 heterocycles. The molecule has 11 heteroatoms. The van der Waals surface area contributed by atoms with E-state index in [9.17, 15) is 29.4 Å². The van der Waals surface area contributed by atoms with Gasteiger partial charge < -0.3 is 25.0 Å². The van der Waals surface area contributed by atoms with Crippen LogP contribution in [0.15, 0.2) is 40.1 Å². The summed E-state index contributed by atoms with van der Waals surface area (Å²) >= 11 is 0. The van der Waals surface area contributed by atoms with E-state index in [0.717, 1.165) is 0 Å². The van der Waals surface area contributed by atoms with Crippen molar-refractivity contribution in [2.75, 3.05) is 6.61 Å². The number of aromatic amines is 1. The Kier molecular flexibility index (Phi) is 7.81. The number of hydrogen-bond acceptors (Lipinski definition) is 8. The van der Waals surface area contributed by atoms with Crippen molar-refractivity contribution in [1.82, 2.24) is 14.9 Å². The summed E-state index contributed by atoms with van der Waals surface area (Å²) in [5, 5.41) is 24.0. The molecule has 3 rings (SSSR count). The molecule has 4 atom stereocenters. The highest BCUT2D eigenvalue weighted by Gasteiger charge is 2.39. The molecule has 1 aliphatic rings. The zero-order valence-electron chi connectivity index (χ0n) is 20.1. The second-order valence-corrected chi connectivity index (χ2v) is 9.59. The summed E-state index contributed by atoms with van der Waals surface area (Å²) in [6, 6.07) is 4.66. The number of rotatable bonds is 6. The minimum Gasteiger partial charge on any atom is -0.482 e. The molecule has 1 saturated carbocycles. The summed E-state index contributed by atoms with van der Waals surface area (Å²) < 4.78 is 11.8. The van der Waals surface area contributed by atoms with Crippen molar-refractivity contribution in [3.05, 3.63) is 62.4 Å². The third kappa shape index (κ3) is 6.58. The third-order valence-electron chi connectivity index (χ3n) is 5.62. The average molecular weight is 490 g/mol. The number of aromatic nitrogens is 2. The number of H-pyrrole nitrogens is 1. The van der Waals surface area contributed by atoms with Crippen LogP contribution in [0.1, 0.15) is 55.6 Å². The molecule has 0 radical (unpaired) electrons. The van der Waals surface area contributed by atoms with Crippen molar-refractivity contribution in [1.29, 1.82) is 0 Å². The van der Waals surface area contributed by atoms with Crippen LogP contribution in [-0.2, 0) is 9.53 Å². The minimum atomic E-state index is -1.35. The minimum absolute atomic E-state index is 0.239. The quantitative estimate of drug-likeness (QED) is 0.425. The Balaban J connectivity index is 1.63. The maximum atomic E-state index is 12.8. The molecule has 35 heavy (non-hydrogen) atoms. The molecule has 1 aromatic carbocycles. The fourth-order valence-corrected chi connectivity index (χ4v) is 3.94. The number of carbonyl (C=O) groups is 2. The largest absolute Gasteiger partial charge is 0.482 e. The van der Waals surface area contributed by atoms with Gasteiger partial charge in [-0.25, -0.2) is 9.59 Å². The van der Waals surface area contributed by atoms with Crippen molar-refractivity contribution in [3.63, 3.8) is 0 Å². The fourth-order valence-electron chi connectivity index (χ4n) is 3.94. The van der Waals surface area contributed by atoms with E-state index in [1.165, 1.54) is 23.8 Å². The highest BCUT2D eigenvalue weighted by molar-refractivity contribution is 5.94. The van der Waals surface area contributed by atoms with Gasteiger partial charge in [-0.2, -0.15) is 0 Å². The number of benzene rings is 1. The second kappa shape index (κ2) is 10.4. The van der Waals surface area contributed by atoms with Crippen molar-refractivity contribution < 1.29 is 29.3 Å². The van der Waals surface area contributed by atoms with Gasteiger partial charge in [0.15, 0.2) is 6.61 Å². The molecule has 1 fully saturated rings. The van der Waals surface area contributed by atoms with E-state index < -0.39 is 53.0 Å². The maximum Gasteiger partial charge on any atom is 0.344 e. The summed E-state index contributed by atoms with van der Waals surface area (Å²) in [6.07, 6.45) is -0.769. The first-order chi connectivity index (χ1) is 16.4. The number of amides is 1. The molecular formula is C24H31N3O8. The topological polar surface area (TPSA) is 160 Å². The van der Waals surface area contributed by atoms with Gasteiger partial charge >= 0.3 is 11.7 Å². The van der Waals surface area contributed by atoms with E-state index in [1.807, 2.05) is 0 Å². The van der Waals surface area contributed by atoms with Crippen LogP contribution in [0.2, 0.25) is 0 Å². The Morgan fingerprint density at radius 3 is 2.57 bits per heavy atom. The van der Waals surface area contributed by atoms with E-state index in [0.29, 0.717) is 11.3 Å². The Morgan fingerprint density at radius 2 is 1.89 bits per heavy atom. The van der Waals surface area contributed by atoms with Crippen LogP contribution in [0, 0.1) is 6.92 Å². The Hall–Kier alpha value is -3.44. The van der Waals surface area contributed by atoms with E-state index in [1.54, 1.807) is 39.0 Å². The Bertz CT molecular complexity index is 1200. The number of esters is 1. The van der Waals surface area contributed by atoms with Crippen LogP contribution in [0.5, 0.6) is 5.75 Å². The van der Waals surface area contributed by atoms with E-state index >= 15 is 0 Å². The second-order valence-electron chi connectivity index (χ2n) is 9.59. The van der Waals surface area contributed by atoms with Gasteiger partial charge in [0.1, 0.15) is 23.6 Å². The Labute approximate surface area is 201 Å². The molecular weight excluding hydrogens is 458 g/mol. The molecule has 1 amide bonds. The first-order valence-electron chi connectivity index (χ1n) is 11.3. The van der Waals surface area contributed by atoms with Gasteiger partial charge in [0.25, 0.3) is 11.5 Å². The van der Waals surface area contributed by atoms with Gasteiger partial charge in [-0.1, -0.05) is 6.07 Å². The summed E-state index contributed by atoms with van der Waals surface area (Å²) in [4.78, 5) is 50.6. The van der Waals surface area contributed by atoms with E-state index in [4.69, 9.17) is 9.47 Å². The maximum absolute atomic E-state index is 12.8. The smallest absolute Gasteiger partial charge is 0.344 e. The summed E-state index contributed by atoms with van der Waals surface area (Å²) in [7, 11) is 0. The number of carbonyl (C=O) groups excluding carboxylic acids is 2. The molecule has 0 spiro atoms. The molecule has 0 saturated heterocycles. The van der Waals surface area contributed by atoms with Crippen molar-refractivity contribution in [2.45, 2.75) is 70.4 Å². The molecule has 4 N–H and O–H groups in total. The zero-order chi connectivity index (χ0) is 25.9. The lowest BCUT2D eigenvalue weighted by atomic mass is 9.85. The number of aliphatic hydroxyl groups is 2. The lowest BCUT2D eigenvalue weighted by Gasteiger charge is -2.38. The van der Waals surface area contributed by atoms with Gasteiger partial charge in [0, 0.05) is 17.3 Å². The predicted octanol–water partition coefficient (Wildman–Crippen LogP) is 0.421. The highest BCUT2D eigenvalue weighted by atomic mass is 16.6. The number of ether oxygens (including phenoxy) is 2. The van der Waals surface area contributed by atoms with Crippen LogP contribution < -0.4 is 21.3 Å². The highest BCUT2D eigenvalue weighted by Crippen LogP contribution is 2.29. The lowest BCUT2D eigenvalue weighted by Crippen LogP contribution is -2.55. The standard InChI is InChI=1S/C24H31N3O8/c1-13-11-27(23(33)26-21(13)31)17-9-8-16(19(29)20(17)30)25-22(32)14-6-5-7-15(10-14)34-12-18(28)35-24(2,3)4/h5-7,10-11,16-17,19-20,29-30H,8-9,12H2,1-4H3,(H,25,32)(H,26,31,33)/t16-,17-,19-,20-/m1/s1. The third-order valence-corrected chi connectivity index (χ3v) is 5.62. The molecule has 2 aromatic rings. The zero-order valence-corrected chi connectivity index (χ0v) is 20.1.